The standard InChI is InChI=1S/C15H21NO4S/c1-10-3-4-12(9-11(10)2)21-8-6-14(18)16-7-5-13(17)15(19)20/h3-4,9,13,17H,5-8H2,1-2H3,(H,16,18)(H,19,20). The van der Waals surface area contributed by atoms with E-state index >= 15 is 0 Å². The molecular weight excluding hydrogens is 290 g/mol. The Kier molecular flexibility index (Phi) is 7.25. The molecule has 5 nitrogen and oxygen atoms in total. The Balaban J connectivity index is 2.21. The molecule has 1 aromatic carbocycles. The highest BCUT2D eigenvalue weighted by molar-refractivity contribution is 7.99. The maximum absolute atomic E-state index is 11.6. The number of aryl methyl sites for hydroxylation is 2. The molecule has 0 heterocycles. The van der Waals surface area contributed by atoms with Gasteiger partial charge in [-0.2, -0.15) is 0 Å². The number of aliphatic carboxylic acids is 1. The molecule has 0 aliphatic rings. The van der Waals surface area contributed by atoms with Gasteiger partial charge in [0, 0.05) is 30.0 Å². The van der Waals surface area contributed by atoms with Gasteiger partial charge < -0.3 is 15.5 Å². The van der Waals surface area contributed by atoms with Gasteiger partial charge in [-0.15, -0.1) is 11.8 Å². The Bertz CT molecular complexity index is 504. The van der Waals surface area contributed by atoms with Gasteiger partial charge in [0.05, 0.1) is 0 Å². The molecule has 1 rings (SSSR count). The van der Waals surface area contributed by atoms with Crippen molar-refractivity contribution in [2.45, 2.75) is 37.7 Å². The van der Waals surface area contributed by atoms with E-state index in [1.165, 1.54) is 11.1 Å². The first kappa shape index (κ1) is 17.5. The summed E-state index contributed by atoms with van der Waals surface area (Å²) in [5.74, 6) is -0.742. The second-order valence-corrected chi connectivity index (χ2v) is 6.01. The number of rotatable bonds is 8. The Morgan fingerprint density at radius 2 is 2.00 bits per heavy atom. The van der Waals surface area contributed by atoms with Crippen LogP contribution in [0.1, 0.15) is 24.0 Å². The average Bonchev–Trinajstić information content (AvgIpc) is 2.42. The summed E-state index contributed by atoms with van der Waals surface area (Å²) in [6.07, 6.45) is -1.04. The van der Waals surface area contributed by atoms with E-state index in [-0.39, 0.29) is 18.9 Å². The highest BCUT2D eigenvalue weighted by Crippen LogP contribution is 2.21. The predicted molar refractivity (Wildman–Crippen MR) is 82.5 cm³/mol. The van der Waals surface area contributed by atoms with Crippen LogP contribution in [0.3, 0.4) is 0 Å². The fourth-order valence-corrected chi connectivity index (χ4v) is 2.57. The van der Waals surface area contributed by atoms with Crippen molar-refractivity contribution in [2.24, 2.45) is 0 Å². The number of hydrogen-bond donors (Lipinski definition) is 3. The van der Waals surface area contributed by atoms with Gasteiger partial charge >= 0.3 is 5.97 Å². The second-order valence-electron chi connectivity index (χ2n) is 4.84. The number of amides is 1. The number of carboxylic acids is 1. The van der Waals surface area contributed by atoms with Crippen LogP contribution in [0.5, 0.6) is 0 Å². The van der Waals surface area contributed by atoms with E-state index in [0.717, 1.165) is 4.90 Å². The van der Waals surface area contributed by atoms with Crippen molar-refractivity contribution in [3.63, 3.8) is 0 Å². The lowest BCUT2D eigenvalue weighted by Gasteiger charge is -2.08. The molecule has 6 heteroatoms. The molecule has 0 saturated carbocycles. The fraction of sp³-hybridized carbons (Fsp3) is 0.467. The van der Waals surface area contributed by atoms with Gasteiger partial charge in [-0.25, -0.2) is 4.79 Å². The summed E-state index contributed by atoms with van der Waals surface area (Å²) >= 11 is 1.61. The second kappa shape index (κ2) is 8.69. The third kappa shape index (κ3) is 6.64. The van der Waals surface area contributed by atoms with E-state index in [0.29, 0.717) is 12.2 Å². The van der Waals surface area contributed by atoms with Crippen LogP contribution in [0.4, 0.5) is 0 Å². The van der Waals surface area contributed by atoms with E-state index in [1.54, 1.807) is 11.8 Å². The first-order chi connectivity index (χ1) is 9.90. The first-order valence-corrected chi connectivity index (χ1v) is 7.76. The average molecular weight is 311 g/mol. The third-order valence-electron chi connectivity index (χ3n) is 3.10. The Hall–Kier alpha value is -1.53. The molecule has 0 aliphatic heterocycles. The monoisotopic (exact) mass is 311 g/mol. The number of aliphatic hydroxyl groups excluding tert-OH is 1. The zero-order valence-corrected chi connectivity index (χ0v) is 13.1. The van der Waals surface area contributed by atoms with Gasteiger partial charge in [0.1, 0.15) is 0 Å². The number of benzene rings is 1. The summed E-state index contributed by atoms with van der Waals surface area (Å²) in [5.41, 5.74) is 2.47. The molecule has 1 atom stereocenters. The summed E-state index contributed by atoms with van der Waals surface area (Å²) in [4.78, 5) is 23.1. The maximum Gasteiger partial charge on any atom is 0.332 e. The lowest BCUT2D eigenvalue weighted by Crippen LogP contribution is -2.30. The summed E-state index contributed by atoms with van der Waals surface area (Å²) < 4.78 is 0. The molecule has 0 bridgehead atoms. The molecule has 0 aliphatic carbocycles. The summed E-state index contributed by atoms with van der Waals surface area (Å²) in [5, 5.41) is 20.1. The number of carbonyl (C=O) groups excluding carboxylic acids is 1. The van der Waals surface area contributed by atoms with Crippen molar-refractivity contribution in [1.29, 1.82) is 0 Å². The van der Waals surface area contributed by atoms with Crippen LogP contribution in [0, 0.1) is 13.8 Å². The Labute approximate surface area is 128 Å². The molecule has 1 aromatic rings. The summed E-state index contributed by atoms with van der Waals surface area (Å²) in [6, 6.07) is 6.19. The molecule has 0 spiro atoms. The largest absolute Gasteiger partial charge is 0.479 e. The van der Waals surface area contributed by atoms with Gasteiger partial charge in [0.15, 0.2) is 6.10 Å². The number of aliphatic hydroxyl groups is 1. The Morgan fingerprint density at radius 1 is 1.29 bits per heavy atom. The topological polar surface area (TPSA) is 86.6 Å². The minimum Gasteiger partial charge on any atom is -0.479 e. The predicted octanol–water partition coefficient (Wildman–Crippen LogP) is 1.74. The van der Waals surface area contributed by atoms with Crippen LogP contribution in [-0.2, 0) is 9.59 Å². The van der Waals surface area contributed by atoms with E-state index in [1.807, 2.05) is 6.07 Å². The van der Waals surface area contributed by atoms with Gasteiger partial charge in [-0.3, -0.25) is 4.79 Å². The molecule has 0 radical (unpaired) electrons. The molecule has 1 amide bonds. The lowest BCUT2D eigenvalue weighted by atomic mass is 10.1. The van der Waals surface area contributed by atoms with Crippen LogP contribution in [-0.4, -0.2) is 40.5 Å². The molecule has 3 N–H and O–H groups in total. The molecular formula is C15H21NO4S. The fourth-order valence-electron chi connectivity index (χ4n) is 1.63. The van der Waals surface area contributed by atoms with Gasteiger partial charge in [-0.05, 0) is 37.1 Å². The van der Waals surface area contributed by atoms with E-state index in [4.69, 9.17) is 10.2 Å². The van der Waals surface area contributed by atoms with Gasteiger partial charge in [0.2, 0.25) is 5.91 Å². The summed E-state index contributed by atoms with van der Waals surface area (Å²) in [6.45, 7) is 4.28. The lowest BCUT2D eigenvalue weighted by molar-refractivity contribution is -0.147. The van der Waals surface area contributed by atoms with Crippen LogP contribution in [0.25, 0.3) is 0 Å². The van der Waals surface area contributed by atoms with Crippen molar-refractivity contribution in [3.05, 3.63) is 29.3 Å². The molecule has 21 heavy (non-hydrogen) atoms. The minimum absolute atomic E-state index is 0.0192. The van der Waals surface area contributed by atoms with Crippen molar-refractivity contribution < 1.29 is 19.8 Å². The SMILES string of the molecule is Cc1ccc(SCCC(=O)NCCC(O)C(=O)O)cc1C. The van der Waals surface area contributed by atoms with Crippen molar-refractivity contribution >= 4 is 23.6 Å². The van der Waals surface area contributed by atoms with Gasteiger partial charge in [0.25, 0.3) is 0 Å². The van der Waals surface area contributed by atoms with Gasteiger partial charge in [-0.1, -0.05) is 6.07 Å². The van der Waals surface area contributed by atoms with E-state index in [2.05, 4.69) is 31.3 Å². The van der Waals surface area contributed by atoms with E-state index < -0.39 is 12.1 Å². The smallest absolute Gasteiger partial charge is 0.332 e. The molecule has 0 saturated heterocycles. The van der Waals surface area contributed by atoms with Crippen LogP contribution < -0.4 is 5.32 Å². The van der Waals surface area contributed by atoms with Crippen LogP contribution in [0.15, 0.2) is 23.1 Å². The summed E-state index contributed by atoms with van der Waals surface area (Å²) in [7, 11) is 0. The molecule has 116 valence electrons. The number of nitrogens with one attached hydrogen (secondary N) is 1. The number of hydrogen-bond acceptors (Lipinski definition) is 4. The van der Waals surface area contributed by atoms with E-state index in [9.17, 15) is 9.59 Å². The molecule has 0 aromatic heterocycles. The van der Waals surface area contributed by atoms with Crippen LogP contribution >= 0.6 is 11.8 Å². The van der Waals surface area contributed by atoms with Crippen molar-refractivity contribution in [3.8, 4) is 0 Å². The van der Waals surface area contributed by atoms with Crippen molar-refractivity contribution in [1.82, 2.24) is 5.32 Å². The zero-order valence-electron chi connectivity index (χ0n) is 12.3. The minimum atomic E-state index is -1.42. The highest BCUT2D eigenvalue weighted by Gasteiger charge is 2.12. The highest BCUT2D eigenvalue weighted by atomic mass is 32.2. The maximum atomic E-state index is 11.6. The van der Waals surface area contributed by atoms with Crippen molar-refractivity contribution in [2.75, 3.05) is 12.3 Å². The Morgan fingerprint density at radius 3 is 2.62 bits per heavy atom. The number of thioether (sulfide) groups is 1. The third-order valence-corrected chi connectivity index (χ3v) is 4.10. The molecule has 0 fully saturated rings. The normalized spacial score (nSPS) is 12.0. The number of carbonyl (C=O) groups is 2. The first-order valence-electron chi connectivity index (χ1n) is 6.77. The zero-order chi connectivity index (χ0) is 15.8. The number of carboxylic acid groups (broad SMARTS) is 1. The molecule has 1 unspecified atom stereocenters. The quantitative estimate of drug-likeness (QED) is 0.637. The van der Waals surface area contributed by atoms with Crippen LogP contribution in [0.2, 0.25) is 0 Å².